The molecule has 2 aliphatic carbocycles. The molecule has 1 aromatic rings. The van der Waals surface area contributed by atoms with Gasteiger partial charge in [-0.05, 0) is 124 Å². The molecule has 6 fully saturated rings. The molecule has 28 heteroatoms. The zero-order valence-electron chi connectivity index (χ0n) is 69.4. The minimum Gasteiger partial charge on any atom is -0.462 e. The minimum absolute atomic E-state index is 0.0000608. The van der Waals surface area contributed by atoms with Crippen molar-refractivity contribution >= 4 is 24.1 Å². The van der Waals surface area contributed by atoms with Crippen LogP contribution < -0.4 is 20.4 Å². The summed E-state index contributed by atoms with van der Waals surface area (Å²) < 4.78 is 103. The molecule has 30 atom stereocenters. The van der Waals surface area contributed by atoms with Crippen LogP contribution in [0.4, 0.5) is 9.59 Å². The van der Waals surface area contributed by atoms with Gasteiger partial charge in [0.05, 0.1) is 74.3 Å². The van der Waals surface area contributed by atoms with Crippen molar-refractivity contribution in [1.82, 2.24) is 11.0 Å². The molecule has 10 aliphatic heterocycles. The zero-order valence-corrected chi connectivity index (χ0v) is 69.4. The van der Waals surface area contributed by atoms with Crippen molar-refractivity contribution < 1.29 is 125 Å². The molecule has 6 N–H and O–H groups in total. The van der Waals surface area contributed by atoms with Crippen LogP contribution in [-0.2, 0) is 85.6 Å². The van der Waals surface area contributed by atoms with Gasteiger partial charge in [-0.2, -0.15) is 11.0 Å². The molecule has 1 aromatic carbocycles. The first-order valence-electron chi connectivity index (χ1n) is 41.3. The van der Waals surface area contributed by atoms with E-state index in [2.05, 4.69) is 76.8 Å². The predicted octanol–water partition coefficient (Wildman–Crippen LogP) is 10.7. The van der Waals surface area contributed by atoms with Gasteiger partial charge in [-0.25, -0.2) is 9.59 Å². The Morgan fingerprint density at radius 2 is 0.940 bits per heavy atom. The number of rotatable bonds is 14. The van der Waals surface area contributed by atoms with E-state index in [0.29, 0.717) is 48.0 Å². The van der Waals surface area contributed by atoms with Gasteiger partial charge in [0, 0.05) is 82.5 Å². The Balaban J connectivity index is 0.624. The second kappa shape index (κ2) is 36.4. The number of hydrogen-bond acceptors (Lipinski definition) is 26. The fourth-order valence-corrected chi connectivity index (χ4v) is 18.9. The largest absolute Gasteiger partial charge is 0.462 e. The first-order valence-corrected chi connectivity index (χ1v) is 41.3. The highest BCUT2D eigenvalue weighted by Crippen LogP contribution is 2.50. The topological polar surface area (TPSA) is 339 Å². The molecule has 2 spiro atoms. The SMILES string of the molecule is CO[C@H]1C[C@H](O[C@@H]2/C(C)=C/C[C@@H]3C[C@@H](C[C@]4(C=C[C@H](C)[C@@H](C(C)C)O4)O3)OC(=O)[C@@H]3C=C(C)[C@@H](O)[C@H]4OC/C(=C\C=C\[C@@H]2C)[C@]43O)O[C@@H](C)[C@@H]1ONC(=O)Oc1cccc(OC(=O)NO[C@H]2[C@H](C)O[C@@H](O[C@@H]3/C(C)=C/C[C@@H]4C[C@@H](C[C@]5(C=C[C@H](C)[C@@H](C(C)C)O5)O4)OC(=O)[C@@H]4C=C(C)[C@@H](O)[C@H]5OC/C(=C\C=C\[C@@H]3C)[C@]54O)C[C@@H]2OC)c1. The van der Waals surface area contributed by atoms with Gasteiger partial charge in [-0.1, -0.05) is 134 Å². The van der Waals surface area contributed by atoms with E-state index in [9.17, 15) is 39.6 Å². The second-order valence-electron chi connectivity index (χ2n) is 34.5. The number of carbonyl (C=O) groups is 4. The van der Waals surface area contributed by atoms with E-state index in [4.69, 9.17) is 85.5 Å². The highest BCUT2D eigenvalue weighted by Gasteiger charge is 2.62. The summed E-state index contributed by atoms with van der Waals surface area (Å²) >= 11 is 0. The molecular weight excluding hydrogens is 1500 g/mol. The fourth-order valence-electron chi connectivity index (χ4n) is 18.9. The van der Waals surface area contributed by atoms with E-state index < -0.39 is 169 Å². The van der Waals surface area contributed by atoms with E-state index in [-0.39, 0.29) is 98.1 Å². The summed E-state index contributed by atoms with van der Waals surface area (Å²) in [5, 5.41) is 48.0. The summed E-state index contributed by atoms with van der Waals surface area (Å²) in [5.41, 5.74) is 4.44. The number of hydroxylamine groups is 2. The highest BCUT2D eigenvalue weighted by atomic mass is 16.8. The number of aliphatic hydroxyl groups is 4. The molecule has 0 saturated carbocycles. The first-order chi connectivity index (χ1) is 55.2. The molecule has 6 saturated heterocycles. The smallest absolute Gasteiger partial charge is 0.436 e. The van der Waals surface area contributed by atoms with E-state index >= 15 is 0 Å². The summed E-state index contributed by atoms with van der Waals surface area (Å²) in [6.07, 6.45) is 12.2. The average Bonchev–Trinajstić information content (AvgIpc) is 1.60. The van der Waals surface area contributed by atoms with Crippen molar-refractivity contribution in [3.8, 4) is 11.5 Å². The van der Waals surface area contributed by atoms with Crippen LogP contribution in [0.5, 0.6) is 11.5 Å². The Kier molecular flexibility index (Phi) is 27.3. The van der Waals surface area contributed by atoms with Gasteiger partial charge >= 0.3 is 24.1 Å². The summed E-state index contributed by atoms with van der Waals surface area (Å²) in [6, 6.07) is 5.82. The number of aliphatic hydroxyl groups excluding tert-OH is 2. The maximum absolute atomic E-state index is 14.5. The van der Waals surface area contributed by atoms with Gasteiger partial charge in [0.2, 0.25) is 0 Å². The average molecular weight is 1620 g/mol. The maximum atomic E-state index is 14.5. The van der Waals surface area contributed by atoms with Crippen LogP contribution in [0.15, 0.2) is 143 Å². The lowest BCUT2D eigenvalue weighted by atomic mass is 9.71. The second-order valence-corrected chi connectivity index (χ2v) is 34.5. The standard InChI is InChI=1S/C88H120N2O26/c1-45(2)73-51(9)30-32-85(113-73)41-63-37-61(111-85)28-26-49(7)75(47(5)20-17-22-57-43-101-79-71(91)53(11)34-65(81(93)105-63)87(57,79)97)109-69-39-67(99-15)77(55(13)103-69)115-89-83(95)107-59-24-19-25-60(36-59)108-84(96)90-116-78-56(14)104-70(40-68(78)100-16)110-76-48(6)21-18-23-58-44-102-80-72(92)54(12)35-66(88(58,80)98)82(94)106-64-38-62(29-27-50(76)8)112-86(42-64)33-31-52(10)74(114-86)46(3)4/h17-27,30-36,45-48,51-52,55-56,61-80,91-92,97-98H,28-29,37-44H2,1-16H3,(H,89,95)(H,90,96)/b20-17+,21-18+,49-26+,50-27+,57-22+,58-23+/t47-,48-,51-,52-,55-,56-,61+,62+,63-,64-,65-,66-,67-,68-,69-,70-,71+,72+,73+,74+,75-,76-,77-,78-,79+,80+,85+,86+,87+,88+/m0/s1. The Hall–Kier alpha value is -6.62. The lowest BCUT2D eigenvalue weighted by Crippen LogP contribution is -2.58. The third-order valence-corrected chi connectivity index (χ3v) is 25.2. The van der Waals surface area contributed by atoms with Crippen LogP contribution in [0.2, 0.25) is 0 Å². The number of esters is 2. The lowest BCUT2D eigenvalue weighted by molar-refractivity contribution is -0.300. The van der Waals surface area contributed by atoms with Crippen molar-refractivity contribution in [1.29, 1.82) is 0 Å². The summed E-state index contributed by atoms with van der Waals surface area (Å²) in [4.78, 5) is 67.9. The summed E-state index contributed by atoms with van der Waals surface area (Å²) in [7, 11) is 3.05. The van der Waals surface area contributed by atoms with Crippen molar-refractivity contribution in [2.24, 2.45) is 47.3 Å². The van der Waals surface area contributed by atoms with E-state index in [1.165, 1.54) is 38.5 Å². The van der Waals surface area contributed by atoms with Crippen molar-refractivity contribution in [2.45, 2.75) is 294 Å². The minimum atomic E-state index is -1.91. The van der Waals surface area contributed by atoms with E-state index in [1.807, 2.05) is 52.0 Å². The highest BCUT2D eigenvalue weighted by molar-refractivity contribution is 5.79. The molecule has 12 aliphatic rings. The van der Waals surface area contributed by atoms with Gasteiger partial charge in [0.25, 0.3) is 0 Å². The van der Waals surface area contributed by atoms with Crippen LogP contribution in [0.25, 0.3) is 0 Å². The number of allylic oxidation sites excluding steroid dienone is 4. The Labute approximate surface area is 679 Å². The molecule has 0 aromatic heterocycles. The quantitative estimate of drug-likeness (QED) is 0.0572. The lowest BCUT2D eigenvalue weighted by Gasteiger charge is -2.48. The Morgan fingerprint density at radius 1 is 0.534 bits per heavy atom. The molecule has 4 bridgehead atoms. The number of carbonyl (C=O) groups excluding carboxylic acids is 4. The van der Waals surface area contributed by atoms with Crippen LogP contribution in [0.1, 0.15) is 148 Å². The first kappa shape index (κ1) is 87.2. The number of benzene rings is 1. The normalized spacial score (nSPS) is 44.4. The summed E-state index contributed by atoms with van der Waals surface area (Å²) in [5.74, 6) is -6.10. The number of fused-ring (bicyclic) bond motifs is 4. The summed E-state index contributed by atoms with van der Waals surface area (Å²) in [6.45, 7) is 27.5. The number of methoxy groups -OCH3 is 2. The zero-order chi connectivity index (χ0) is 83.0. The van der Waals surface area contributed by atoms with Crippen LogP contribution >= 0.6 is 0 Å². The number of nitrogens with one attached hydrogen (secondary N) is 2. The number of ether oxygens (including phenoxy) is 16. The molecule has 28 nitrogen and oxygen atoms in total. The Bertz CT molecular complexity index is 3780. The number of amides is 2. The number of hydrogen-bond donors (Lipinski definition) is 6. The van der Waals surface area contributed by atoms with Gasteiger partial charge < -0.3 is 96.2 Å². The Morgan fingerprint density at radius 3 is 1.33 bits per heavy atom. The van der Waals surface area contributed by atoms with Crippen molar-refractivity contribution in [3.05, 3.63) is 143 Å². The fraction of sp³-hybridized carbons (Fsp3) is 0.659. The third kappa shape index (κ3) is 18.6. The van der Waals surface area contributed by atoms with Crippen molar-refractivity contribution in [2.75, 3.05) is 27.4 Å². The third-order valence-electron chi connectivity index (χ3n) is 25.2. The molecule has 116 heavy (non-hydrogen) atoms. The maximum Gasteiger partial charge on any atom is 0.436 e. The van der Waals surface area contributed by atoms with Gasteiger partial charge in [-0.15, -0.1) is 0 Å². The van der Waals surface area contributed by atoms with Gasteiger partial charge in [-0.3, -0.25) is 19.3 Å². The predicted molar refractivity (Wildman–Crippen MR) is 419 cm³/mol. The molecule has 13 rings (SSSR count). The van der Waals surface area contributed by atoms with E-state index in [0.717, 1.165) is 11.1 Å². The van der Waals surface area contributed by atoms with Crippen LogP contribution in [0, 0.1) is 47.3 Å². The van der Waals surface area contributed by atoms with Gasteiger partial charge in [0.1, 0.15) is 83.4 Å². The molecule has 638 valence electrons. The van der Waals surface area contributed by atoms with Crippen molar-refractivity contribution in [3.63, 3.8) is 0 Å². The monoisotopic (exact) mass is 1620 g/mol. The molecule has 0 unspecified atom stereocenters. The van der Waals surface area contributed by atoms with Crippen LogP contribution in [-0.4, -0.2) is 217 Å². The van der Waals surface area contributed by atoms with Crippen LogP contribution in [0.3, 0.4) is 0 Å². The molecule has 2 amide bonds. The molecule has 0 radical (unpaired) electrons. The van der Waals surface area contributed by atoms with Gasteiger partial charge in [0.15, 0.2) is 24.2 Å². The molecule has 10 heterocycles. The molecular formula is C88H120N2O26. The van der Waals surface area contributed by atoms with E-state index in [1.54, 1.807) is 64.2 Å².